The number of hydrogen-bond donors (Lipinski definition) is 0. The van der Waals surface area contributed by atoms with E-state index in [0.29, 0.717) is 6.10 Å². The summed E-state index contributed by atoms with van der Waals surface area (Å²) in [5.41, 5.74) is 0. The normalized spacial score (nSPS) is 12.8. The van der Waals surface area contributed by atoms with Crippen molar-refractivity contribution in [1.82, 2.24) is 0 Å². The molecule has 0 bridgehead atoms. The second kappa shape index (κ2) is 16.0. The summed E-state index contributed by atoms with van der Waals surface area (Å²) < 4.78 is 5.68. The summed E-state index contributed by atoms with van der Waals surface area (Å²) >= 11 is 0. The van der Waals surface area contributed by atoms with Crippen molar-refractivity contribution >= 4 is 0 Å². The number of rotatable bonds is 15. The molecule has 1 unspecified atom stereocenters. The molecule has 0 heterocycles. The Morgan fingerprint density at radius 2 is 1.11 bits per heavy atom. The minimum absolute atomic E-state index is 0.517. The van der Waals surface area contributed by atoms with Crippen LogP contribution in [0.5, 0.6) is 0 Å². The quantitative estimate of drug-likeness (QED) is 0.308. The predicted octanol–water partition coefficient (Wildman–Crippen LogP) is 6.50. The van der Waals surface area contributed by atoms with Gasteiger partial charge in [0.25, 0.3) is 0 Å². The van der Waals surface area contributed by atoms with E-state index in [1.165, 1.54) is 83.5 Å². The van der Waals surface area contributed by atoms with Crippen molar-refractivity contribution in [3.63, 3.8) is 0 Å². The third-order valence-electron chi connectivity index (χ3n) is 3.99. The monoisotopic (exact) mass is 270 g/mol. The smallest absolute Gasteiger partial charge is 0.0572 e. The molecule has 0 aliphatic rings. The standard InChI is InChI=1S/C18H38O/c1-4-7-8-9-10-11-12-13-14-15-16-17-18(5-2)19-6-3/h18H,4-17H2,1-3H3. The van der Waals surface area contributed by atoms with Gasteiger partial charge in [0, 0.05) is 6.61 Å². The molecule has 0 amide bonds. The van der Waals surface area contributed by atoms with Crippen LogP contribution >= 0.6 is 0 Å². The van der Waals surface area contributed by atoms with Gasteiger partial charge in [-0.15, -0.1) is 0 Å². The van der Waals surface area contributed by atoms with Gasteiger partial charge in [-0.3, -0.25) is 0 Å². The van der Waals surface area contributed by atoms with Gasteiger partial charge >= 0.3 is 0 Å². The summed E-state index contributed by atoms with van der Waals surface area (Å²) in [6, 6.07) is 0. The minimum atomic E-state index is 0.517. The van der Waals surface area contributed by atoms with Gasteiger partial charge in [0.05, 0.1) is 6.10 Å². The molecule has 0 fully saturated rings. The molecule has 19 heavy (non-hydrogen) atoms. The highest BCUT2D eigenvalue weighted by Gasteiger charge is 2.04. The number of unbranched alkanes of at least 4 members (excludes halogenated alkanes) is 10. The zero-order valence-corrected chi connectivity index (χ0v) is 13.9. The van der Waals surface area contributed by atoms with E-state index in [1.54, 1.807) is 0 Å². The highest BCUT2D eigenvalue weighted by Crippen LogP contribution is 2.14. The van der Waals surface area contributed by atoms with Crippen molar-refractivity contribution in [2.75, 3.05) is 6.61 Å². The van der Waals surface area contributed by atoms with Crippen LogP contribution in [0.25, 0.3) is 0 Å². The Morgan fingerprint density at radius 3 is 1.53 bits per heavy atom. The predicted molar refractivity (Wildman–Crippen MR) is 86.8 cm³/mol. The molecule has 1 heteroatoms. The van der Waals surface area contributed by atoms with Gasteiger partial charge in [0.2, 0.25) is 0 Å². The summed E-state index contributed by atoms with van der Waals surface area (Å²) in [7, 11) is 0. The maximum atomic E-state index is 5.68. The van der Waals surface area contributed by atoms with Crippen molar-refractivity contribution < 1.29 is 4.74 Å². The third kappa shape index (κ3) is 14.2. The maximum Gasteiger partial charge on any atom is 0.0572 e. The molecule has 0 saturated carbocycles. The van der Waals surface area contributed by atoms with Crippen molar-refractivity contribution in [2.24, 2.45) is 0 Å². The molecule has 0 saturated heterocycles. The van der Waals surface area contributed by atoms with Crippen molar-refractivity contribution in [1.29, 1.82) is 0 Å². The van der Waals surface area contributed by atoms with E-state index in [4.69, 9.17) is 4.74 Å². The second-order valence-electron chi connectivity index (χ2n) is 5.81. The van der Waals surface area contributed by atoms with E-state index in [-0.39, 0.29) is 0 Å². The van der Waals surface area contributed by atoms with E-state index in [9.17, 15) is 0 Å². The SMILES string of the molecule is CCCCCCCCCCCCCC(CC)OCC. The molecular weight excluding hydrogens is 232 g/mol. The Kier molecular flexibility index (Phi) is 16.0. The van der Waals surface area contributed by atoms with Crippen molar-refractivity contribution in [3.8, 4) is 0 Å². The zero-order chi connectivity index (χ0) is 14.2. The minimum Gasteiger partial charge on any atom is -0.379 e. The van der Waals surface area contributed by atoms with Crippen LogP contribution in [0.15, 0.2) is 0 Å². The lowest BCUT2D eigenvalue weighted by atomic mass is 10.0. The van der Waals surface area contributed by atoms with Gasteiger partial charge in [-0.25, -0.2) is 0 Å². The first-order valence-corrected chi connectivity index (χ1v) is 8.96. The van der Waals surface area contributed by atoms with Gasteiger partial charge in [-0.05, 0) is 19.8 Å². The summed E-state index contributed by atoms with van der Waals surface area (Å²) in [4.78, 5) is 0. The fourth-order valence-electron chi connectivity index (χ4n) is 2.68. The number of ether oxygens (including phenoxy) is 1. The Labute approximate surface area is 122 Å². The highest BCUT2D eigenvalue weighted by molar-refractivity contribution is 4.56. The molecule has 1 atom stereocenters. The fourth-order valence-corrected chi connectivity index (χ4v) is 2.68. The lowest BCUT2D eigenvalue weighted by Gasteiger charge is -2.14. The lowest BCUT2D eigenvalue weighted by Crippen LogP contribution is -2.11. The van der Waals surface area contributed by atoms with Gasteiger partial charge in [-0.1, -0.05) is 84.5 Å². The average molecular weight is 271 g/mol. The zero-order valence-electron chi connectivity index (χ0n) is 13.9. The van der Waals surface area contributed by atoms with Crippen LogP contribution in [-0.2, 0) is 4.74 Å². The second-order valence-corrected chi connectivity index (χ2v) is 5.81. The van der Waals surface area contributed by atoms with Crippen LogP contribution in [0, 0.1) is 0 Å². The van der Waals surface area contributed by atoms with Gasteiger partial charge in [-0.2, -0.15) is 0 Å². The Bertz CT molecular complexity index is 156. The van der Waals surface area contributed by atoms with Crippen molar-refractivity contribution in [2.45, 2.75) is 110 Å². The molecule has 0 aliphatic heterocycles. The summed E-state index contributed by atoms with van der Waals surface area (Å²) in [5.74, 6) is 0. The Morgan fingerprint density at radius 1 is 0.632 bits per heavy atom. The number of hydrogen-bond acceptors (Lipinski definition) is 1. The van der Waals surface area contributed by atoms with E-state index in [2.05, 4.69) is 20.8 Å². The van der Waals surface area contributed by atoms with Crippen LogP contribution in [-0.4, -0.2) is 12.7 Å². The first-order valence-electron chi connectivity index (χ1n) is 8.96. The molecule has 1 nitrogen and oxygen atoms in total. The Balaban J connectivity index is 3.09. The molecule has 0 spiro atoms. The van der Waals surface area contributed by atoms with Gasteiger partial charge in [0.15, 0.2) is 0 Å². The largest absolute Gasteiger partial charge is 0.379 e. The van der Waals surface area contributed by atoms with Gasteiger partial charge < -0.3 is 4.74 Å². The maximum absolute atomic E-state index is 5.68. The molecule has 0 N–H and O–H groups in total. The summed E-state index contributed by atoms with van der Waals surface area (Å²) in [6.07, 6.45) is 18.7. The summed E-state index contributed by atoms with van der Waals surface area (Å²) in [5, 5.41) is 0. The van der Waals surface area contributed by atoms with E-state index in [1.807, 2.05) is 0 Å². The third-order valence-corrected chi connectivity index (χ3v) is 3.99. The lowest BCUT2D eigenvalue weighted by molar-refractivity contribution is 0.0523. The molecule has 0 aromatic carbocycles. The molecule has 116 valence electrons. The van der Waals surface area contributed by atoms with Crippen LogP contribution in [0.3, 0.4) is 0 Å². The summed E-state index contributed by atoms with van der Waals surface area (Å²) in [6.45, 7) is 7.49. The fraction of sp³-hybridized carbons (Fsp3) is 1.00. The first kappa shape index (κ1) is 19.0. The average Bonchev–Trinajstić information content (AvgIpc) is 2.43. The molecule has 0 aromatic rings. The topological polar surface area (TPSA) is 9.23 Å². The van der Waals surface area contributed by atoms with Crippen LogP contribution < -0.4 is 0 Å². The highest BCUT2D eigenvalue weighted by atomic mass is 16.5. The van der Waals surface area contributed by atoms with Crippen LogP contribution in [0.1, 0.15) is 104 Å². The molecule has 0 aliphatic carbocycles. The Hall–Kier alpha value is -0.0400. The molecule has 0 rings (SSSR count). The van der Waals surface area contributed by atoms with Crippen LogP contribution in [0.2, 0.25) is 0 Å². The van der Waals surface area contributed by atoms with E-state index < -0.39 is 0 Å². The molecule has 0 aromatic heterocycles. The van der Waals surface area contributed by atoms with Gasteiger partial charge in [0.1, 0.15) is 0 Å². The van der Waals surface area contributed by atoms with Crippen LogP contribution in [0.4, 0.5) is 0 Å². The van der Waals surface area contributed by atoms with Crippen molar-refractivity contribution in [3.05, 3.63) is 0 Å². The van der Waals surface area contributed by atoms with E-state index >= 15 is 0 Å². The van der Waals surface area contributed by atoms with E-state index in [0.717, 1.165) is 6.61 Å². The first-order chi connectivity index (χ1) is 9.35. The molecular formula is C18H38O. The molecule has 0 radical (unpaired) electrons.